The van der Waals surface area contributed by atoms with Gasteiger partial charge < -0.3 is 14.8 Å². The van der Waals surface area contributed by atoms with Gasteiger partial charge in [-0.25, -0.2) is 0 Å². The van der Waals surface area contributed by atoms with Crippen molar-refractivity contribution < 1.29 is 14.3 Å². The molecule has 0 fully saturated rings. The van der Waals surface area contributed by atoms with E-state index in [1.807, 2.05) is 0 Å². The highest BCUT2D eigenvalue weighted by molar-refractivity contribution is 6.06. The Morgan fingerprint density at radius 1 is 1.20 bits per heavy atom. The second-order valence-corrected chi connectivity index (χ2v) is 3.32. The van der Waals surface area contributed by atoms with Crippen LogP contribution >= 0.6 is 0 Å². The fourth-order valence-corrected chi connectivity index (χ4v) is 1.78. The Balaban J connectivity index is 2.61. The minimum atomic E-state index is 0.0968. The van der Waals surface area contributed by atoms with Gasteiger partial charge in [0.1, 0.15) is 11.5 Å². The zero-order valence-electron chi connectivity index (χ0n) is 8.79. The molecule has 0 saturated carbocycles. The third-order valence-corrected chi connectivity index (χ3v) is 2.50. The number of fused-ring (bicyclic) bond motifs is 1. The number of Topliss-reactive ketones (excluding diaryl/α,β-unsaturated/α-hetero) is 1. The van der Waals surface area contributed by atoms with E-state index in [1.54, 1.807) is 26.4 Å². The minimum Gasteiger partial charge on any atom is -0.496 e. The Bertz CT molecular complexity index is 401. The number of carbonyl (C=O) groups is 1. The second kappa shape index (κ2) is 3.81. The molecule has 1 aliphatic rings. The first-order valence-corrected chi connectivity index (χ1v) is 4.80. The smallest absolute Gasteiger partial charge is 0.170 e. The van der Waals surface area contributed by atoms with E-state index in [1.165, 1.54) is 0 Å². The van der Waals surface area contributed by atoms with Crippen molar-refractivity contribution in [2.24, 2.45) is 0 Å². The van der Waals surface area contributed by atoms with E-state index in [9.17, 15) is 4.79 Å². The topological polar surface area (TPSA) is 47.6 Å². The molecule has 1 aromatic rings. The Morgan fingerprint density at radius 3 is 2.53 bits per heavy atom. The zero-order chi connectivity index (χ0) is 10.8. The summed E-state index contributed by atoms with van der Waals surface area (Å²) in [4.78, 5) is 11.8. The van der Waals surface area contributed by atoms with Crippen LogP contribution in [0.15, 0.2) is 12.1 Å². The van der Waals surface area contributed by atoms with Gasteiger partial charge >= 0.3 is 0 Å². The standard InChI is InChI=1S/C11H13NO3/c1-14-8-3-4-9(15-2)11-10(8)7(13)5-6-12-11/h3-4,12H,5-6H2,1-2H3. The molecule has 0 aromatic heterocycles. The maximum absolute atomic E-state index is 11.8. The number of hydrogen-bond acceptors (Lipinski definition) is 4. The lowest BCUT2D eigenvalue weighted by Gasteiger charge is -2.21. The quantitative estimate of drug-likeness (QED) is 0.801. The average molecular weight is 207 g/mol. The molecular formula is C11H13NO3. The van der Waals surface area contributed by atoms with Crippen molar-refractivity contribution in [3.8, 4) is 11.5 Å². The van der Waals surface area contributed by atoms with Crippen molar-refractivity contribution in [2.75, 3.05) is 26.1 Å². The molecule has 1 N–H and O–H groups in total. The summed E-state index contributed by atoms with van der Waals surface area (Å²) in [6.07, 6.45) is 0.497. The Kier molecular flexibility index (Phi) is 2.49. The largest absolute Gasteiger partial charge is 0.496 e. The molecule has 0 saturated heterocycles. The molecule has 15 heavy (non-hydrogen) atoms. The lowest BCUT2D eigenvalue weighted by Crippen LogP contribution is -2.19. The predicted molar refractivity (Wildman–Crippen MR) is 57.0 cm³/mol. The van der Waals surface area contributed by atoms with Gasteiger partial charge in [-0.05, 0) is 12.1 Å². The van der Waals surface area contributed by atoms with Crippen molar-refractivity contribution in [2.45, 2.75) is 6.42 Å². The predicted octanol–water partition coefficient (Wildman–Crippen LogP) is 1.70. The summed E-state index contributed by atoms with van der Waals surface area (Å²) in [6.45, 7) is 0.648. The SMILES string of the molecule is COc1ccc(OC)c2c1NCCC2=O. The molecule has 0 spiro atoms. The highest BCUT2D eigenvalue weighted by atomic mass is 16.5. The third kappa shape index (κ3) is 1.52. The van der Waals surface area contributed by atoms with Crippen LogP contribution in [0, 0.1) is 0 Å². The van der Waals surface area contributed by atoms with Crippen molar-refractivity contribution >= 4 is 11.5 Å². The first kappa shape index (κ1) is 9.83. The number of anilines is 1. The molecule has 0 unspecified atom stereocenters. The zero-order valence-corrected chi connectivity index (χ0v) is 8.79. The number of ether oxygens (including phenoxy) is 2. The third-order valence-electron chi connectivity index (χ3n) is 2.50. The highest BCUT2D eigenvalue weighted by Gasteiger charge is 2.24. The molecule has 1 heterocycles. The van der Waals surface area contributed by atoms with E-state index in [4.69, 9.17) is 9.47 Å². The maximum Gasteiger partial charge on any atom is 0.170 e. The molecule has 0 amide bonds. The molecule has 80 valence electrons. The lowest BCUT2D eigenvalue weighted by atomic mass is 10.0. The van der Waals surface area contributed by atoms with Crippen LogP contribution in [-0.2, 0) is 0 Å². The normalized spacial score (nSPS) is 14.1. The van der Waals surface area contributed by atoms with Crippen LogP contribution in [0.3, 0.4) is 0 Å². The van der Waals surface area contributed by atoms with E-state index in [-0.39, 0.29) is 5.78 Å². The van der Waals surface area contributed by atoms with E-state index < -0.39 is 0 Å². The van der Waals surface area contributed by atoms with E-state index in [2.05, 4.69) is 5.32 Å². The summed E-state index contributed by atoms with van der Waals surface area (Å²) >= 11 is 0. The van der Waals surface area contributed by atoms with E-state index in [0.717, 1.165) is 5.69 Å². The molecule has 1 aliphatic heterocycles. The molecule has 4 heteroatoms. The monoisotopic (exact) mass is 207 g/mol. The van der Waals surface area contributed by atoms with Crippen LogP contribution in [0.25, 0.3) is 0 Å². The van der Waals surface area contributed by atoms with Crippen molar-refractivity contribution in [3.63, 3.8) is 0 Å². The van der Waals surface area contributed by atoms with Gasteiger partial charge in [-0.3, -0.25) is 4.79 Å². The van der Waals surface area contributed by atoms with Crippen LogP contribution in [0.5, 0.6) is 11.5 Å². The Labute approximate surface area is 88.2 Å². The number of methoxy groups -OCH3 is 2. The summed E-state index contributed by atoms with van der Waals surface area (Å²) in [5.74, 6) is 1.38. The number of ketones is 1. The van der Waals surface area contributed by atoms with Crippen molar-refractivity contribution in [3.05, 3.63) is 17.7 Å². The average Bonchev–Trinajstić information content (AvgIpc) is 2.28. The second-order valence-electron chi connectivity index (χ2n) is 3.32. The van der Waals surface area contributed by atoms with Gasteiger partial charge in [0.2, 0.25) is 0 Å². The molecule has 2 rings (SSSR count). The lowest BCUT2D eigenvalue weighted by molar-refractivity contribution is 0.0980. The van der Waals surface area contributed by atoms with Crippen LogP contribution in [0.2, 0.25) is 0 Å². The summed E-state index contributed by atoms with van der Waals surface area (Å²) in [7, 11) is 3.15. The van der Waals surface area contributed by atoms with Gasteiger partial charge in [0, 0.05) is 13.0 Å². The summed E-state index contributed by atoms with van der Waals surface area (Å²) in [5, 5.41) is 3.16. The summed E-state index contributed by atoms with van der Waals surface area (Å²) in [6, 6.07) is 3.55. The summed E-state index contributed by atoms with van der Waals surface area (Å²) in [5.41, 5.74) is 1.34. The number of carbonyl (C=O) groups excluding carboxylic acids is 1. The number of hydrogen-bond donors (Lipinski definition) is 1. The molecule has 0 bridgehead atoms. The van der Waals surface area contributed by atoms with E-state index in [0.29, 0.717) is 30.0 Å². The Morgan fingerprint density at radius 2 is 1.87 bits per heavy atom. The van der Waals surface area contributed by atoms with Gasteiger partial charge in [0.05, 0.1) is 25.5 Å². The first-order chi connectivity index (χ1) is 7.27. The molecule has 4 nitrogen and oxygen atoms in total. The molecular weight excluding hydrogens is 194 g/mol. The van der Waals surface area contributed by atoms with Crippen molar-refractivity contribution in [1.29, 1.82) is 0 Å². The fourth-order valence-electron chi connectivity index (χ4n) is 1.78. The summed E-state index contributed by atoms with van der Waals surface area (Å²) < 4.78 is 10.4. The van der Waals surface area contributed by atoms with Crippen LogP contribution < -0.4 is 14.8 Å². The molecule has 0 aliphatic carbocycles. The number of benzene rings is 1. The molecule has 0 atom stereocenters. The molecule has 0 radical (unpaired) electrons. The van der Waals surface area contributed by atoms with Gasteiger partial charge in [0.15, 0.2) is 5.78 Å². The number of rotatable bonds is 2. The van der Waals surface area contributed by atoms with Crippen LogP contribution in [0.1, 0.15) is 16.8 Å². The maximum atomic E-state index is 11.8. The van der Waals surface area contributed by atoms with Gasteiger partial charge in [0.25, 0.3) is 0 Å². The highest BCUT2D eigenvalue weighted by Crippen LogP contribution is 2.37. The van der Waals surface area contributed by atoms with Crippen LogP contribution in [0.4, 0.5) is 5.69 Å². The van der Waals surface area contributed by atoms with Gasteiger partial charge in [-0.1, -0.05) is 0 Å². The minimum absolute atomic E-state index is 0.0968. The first-order valence-electron chi connectivity index (χ1n) is 4.80. The van der Waals surface area contributed by atoms with Gasteiger partial charge in [-0.2, -0.15) is 0 Å². The molecule has 1 aromatic carbocycles. The fraction of sp³-hybridized carbons (Fsp3) is 0.364. The number of nitrogens with one attached hydrogen (secondary N) is 1. The van der Waals surface area contributed by atoms with E-state index >= 15 is 0 Å². The van der Waals surface area contributed by atoms with Gasteiger partial charge in [-0.15, -0.1) is 0 Å². The Hall–Kier alpha value is -1.71. The van der Waals surface area contributed by atoms with Crippen LogP contribution in [-0.4, -0.2) is 26.5 Å². The van der Waals surface area contributed by atoms with Crippen molar-refractivity contribution in [1.82, 2.24) is 0 Å².